The summed E-state index contributed by atoms with van der Waals surface area (Å²) in [5, 5.41) is 3.01. The zero-order valence-electron chi connectivity index (χ0n) is 15.0. The molecule has 2 aromatic rings. The molecule has 0 aliphatic rings. The van der Waals surface area contributed by atoms with Crippen LogP contribution >= 0.6 is 11.8 Å². The Morgan fingerprint density at radius 2 is 1.88 bits per heavy atom. The maximum Gasteiger partial charge on any atom is 0.256 e. The van der Waals surface area contributed by atoms with E-state index >= 15 is 0 Å². The summed E-state index contributed by atoms with van der Waals surface area (Å²) in [7, 11) is 1.61. The van der Waals surface area contributed by atoms with Crippen molar-refractivity contribution in [3.8, 4) is 5.75 Å². The number of hydrogen-bond acceptors (Lipinski definition) is 3. The van der Waals surface area contributed by atoms with Crippen molar-refractivity contribution >= 4 is 23.4 Å². The number of methoxy groups -OCH3 is 1. The van der Waals surface area contributed by atoms with E-state index in [9.17, 15) is 4.79 Å². The minimum Gasteiger partial charge on any atom is -0.495 e. The van der Waals surface area contributed by atoms with Crippen LogP contribution < -0.4 is 10.1 Å². The fraction of sp³-hybridized carbons (Fsp3) is 0.350. The first-order chi connectivity index (χ1) is 11.4. The highest BCUT2D eigenvalue weighted by atomic mass is 32.2. The summed E-state index contributed by atoms with van der Waals surface area (Å²) < 4.78 is 5.41. The second kappa shape index (κ2) is 7.75. The van der Waals surface area contributed by atoms with Gasteiger partial charge in [0.2, 0.25) is 0 Å². The van der Waals surface area contributed by atoms with E-state index in [0.717, 1.165) is 16.2 Å². The third-order valence-corrected chi connectivity index (χ3v) is 4.70. The first kappa shape index (κ1) is 18.4. The largest absolute Gasteiger partial charge is 0.495 e. The Kier molecular flexibility index (Phi) is 5.94. The molecule has 1 N–H and O–H groups in total. The summed E-state index contributed by atoms with van der Waals surface area (Å²) in [6.45, 7) is 8.52. The Morgan fingerprint density at radius 1 is 1.17 bits per heavy atom. The third kappa shape index (κ3) is 4.32. The maximum atomic E-state index is 12.8. The van der Waals surface area contributed by atoms with E-state index in [1.54, 1.807) is 18.9 Å². The number of hydrogen-bond donors (Lipinski definition) is 1. The third-order valence-electron chi connectivity index (χ3n) is 3.75. The van der Waals surface area contributed by atoms with E-state index < -0.39 is 0 Å². The molecule has 2 aromatic carbocycles. The van der Waals surface area contributed by atoms with Gasteiger partial charge in [-0.05, 0) is 41.0 Å². The molecule has 0 aromatic heterocycles. The number of carbonyl (C=O) groups excluding carboxylic acids is 1. The maximum absolute atomic E-state index is 12.8. The molecule has 0 fully saturated rings. The molecule has 24 heavy (non-hydrogen) atoms. The summed E-state index contributed by atoms with van der Waals surface area (Å²) in [6, 6.07) is 13.6. The van der Waals surface area contributed by atoms with Crippen molar-refractivity contribution in [1.29, 1.82) is 0 Å². The van der Waals surface area contributed by atoms with Crippen molar-refractivity contribution < 1.29 is 9.53 Å². The van der Waals surface area contributed by atoms with Crippen molar-refractivity contribution in [3.05, 3.63) is 53.6 Å². The molecular formula is C20H25NO2S. The van der Waals surface area contributed by atoms with Crippen LogP contribution in [0.2, 0.25) is 0 Å². The van der Waals surface area contributed by atoms with Gasteiger partial charge in [-0.2, -0.15) is 0 Å². The highest BCUT2D eigenvalue weighted by molar-refractivity contribution is 7.99. The quantitative estimate of drug-likeness (QED) is 0.743. The normalized spacial score (nSPS) is 11.2. The second-order valence-electron chi connectivity index (χ2n) is 6.55. The molecule has 0 saturated carbocycles. The van der Waals surface area contributed by atoms with Crippen LogP contribution in [0.4, 0.5) is 5.69 Å². The van der Waals surface area contributed by atoms with Crippen LogP contribution in [0.15, 0.2) is 47.4 Å². The zero-order valence-corrected chi connectivity index (χ0v) is 15.8. The predicted octanol–water partition coefficient (Wildman–Crippen LogP) is 5.36. The van der Waals surface area contributed by atoms with Crippen molar-refractivity contribution in [3.63, 3.8) is 0 Å². The average Bonchev–Trinajstić information content (AvgIpc) is 2.54. The lowest BCUT2D eigenvalue weighted by Gasteiger charge is -2.21. The number of thioether (sulfide) groups is 1. The summed E-state index contributed by atoms with van der Waals surface area (Å²) in [5.41, 5.74) is 2.54. The molecule has 0 spiro atoms. The van der Waals surface area contributed by atoms with Gasteiger partial charge in [-0.25, -0.2) is 0 Å². The second-order valence-corrected chi connectivity index (χ2v) is 7.85. The van der Waals surface area contributed by atoms with E-state index in [1.165, 1.54) is 0 Å². The molecule has 128 valence electrons. The monoisotopic (exact) mass is 343 g/mol. The van der Waals surface area contributed by atoms with Crippen molar-refractivity contribution in [1.82, 2.24) is 0 Å². The standard InChI is InChI=1S/C20H25NO2S/c1-6-24-18-10-8-7-9-15(18)19(22)21-16-13-14(20(2,3)4)11-12-17(16)23-5/h7-13H,6H2,1-5H3,(H,21,22). The molecular weight excluding hydrogens is 318 g/mol. The smallest absolute Gasteiger partial charge is 0.256 e. The van der Waals surface area contributed by atoms with Gasteiger partial charge >= 0.3 is 0 Å². The molecule has 0 atom stereocenters. The van der Waals surface area contributed by atoms with Crippen LogP contribution in [-0.2, 0) is 5.41 Å². The van der Waals surface area contributed by atoms with Crippen molar-refractivity contribution in [2.45, 2.75) is 38.0 Å². The molecule has 3 nitrogen and oxygen atoms in total. The van der Waals surface area contributed by atoms with Crippen LogP contribution in [-0.4, -0.2) is 18.8 Å². The van der Waals surface area contributed by atoms with E-state index in [1.807, 2.05) is 42.5 Å². The van der Waals surface area contributed by atoms with E-state index in [4.69, 9.17) is 4.74 Å². The van der Waals surface area contributed by atoms with Crippen LogP contribution in [0.5, 0.6) is 5.75 Å². The SMILES string of the molecule is CCSc1ccccc1C(=O)Nc1cc(C(C)(C)C)ccc1OC. The van der Waals surface area contributed by atoms with E-state index in [0.29, 0.717) is 17.0 Å². The van der Waals surface area contributed by atoms with Crippen molar-refractivity contribution in [2.75, 3.05) is 18.2 Å². The average molecular weight is 343 g/mol. The summed E-state index contributed by atoms with van der Waals surface area (Å²) >= 11 is 1.67. The van der Waals surface area contributed by atoms with Gasteiger partial charge in [-0.15, -0.1) is 11.8 Å². The number of ether oxygens (including phenoxy) is 1. The number of benzene rings is 2. The number of amides is 1. The highest BCUT2D eigenvalue weighted by Crippen LogP contribution is 2.32. The van der Waals surface area contributed by atoms with Gasteiger partial charge in [0.05, 0.1) is 18.4 Å². The number of nitrogens with one attached hydrogen (secondary N) is 1. The van der Waals surface area contributed by atoms with Crippen LogP contribution in [0.3, 0.4) is 0 Å². The lowest BCUT2D eigenvalue weighted by Crippen LogP contribution is -2.16. The van der Waals surface area contributed by atoms with Gasteiger partial charge in [0.15, 0.2) is 0 Å². The lowest BCUT2D eigenvalue weighted by atomic mass is 9.87. The number of anilines is 1. The molecule has 0 saturated heterocycles. The molecule has 4 heteroatoms. The van der Waals surface area contributed by atoms with Gasteiger partial charge < -0.3 is 10.1 Å². The zero-order chi connectivity index (χ0) is 17.7. The minimum absolute atomic E-state index is 0.00171. The van der Waals surface area contributed by atoms with Crippen LogP contribution in [0.1, 0.15) is 43.6 Å². The number of carbonyl (C=O) groups is 1. The molecule has 1 amide bonds. The van der Waals surface area contributed by atoms with Gasteiger partial charge in [0.1, 0.15) is 5.75 Å². The summed E-state index contributed by atoms with van der Waals surface area (Å²) in [5.74, 6) is 1.47. The van der Waals surface area contributed by atoms with E-state index in [2.05, 4.69) is 33.0 Å². The number of rotatable bonds is 5. The Bertz CT molecular complexity index is 720. The predicted molar refractivity (Wildman–Crippen MR) is 102 cm³/mol. The molecule has 0 bridgehead atoms. The minimum atomic E-state index is -0.115. The molecule has 0 aliphatic heterocycles. The van der Waals surface area contributed by atoms with Gasteiger partial charge in [-0.1, -0.05) is 45.9 Å². The Morgan fingerprint density at radius 3 is 2.50 bits per heavy atom. The molecule has 2 rings (SSSR count). The molecule has 0 aliphatic carbocycles. The first-order valence-corrected chi connectivity index (χ1v) is 9.07. The molecule has 0 unspecified atom stereocenters. The fourth-order valence-corrected chi connectivity index (χ4v) is 3.20. The van der Waals surface area contributed by atoms with Crippen LogP contribution in [0, 0.1) is 0 Å². The molecule has 0 heterocycles. The topological polar surface area (TPSA) is 38.3 Å². The lowest BCUT2D eigenvalue weighted by molar-refractivity contribution is 0.102. The summed E-state index contributed by atoms with van der Waals surface area (Å²) in [6.07, 6.45) is 0. The highest BCUT2D eigenvalue weighted by Gasteiger charge is 2.18. The fourth-order valence-electron chi connectivity index (χ4n) is 2.40. The Hall–Kier alpha value is -1.94. The Labute approximate surface area is 148 Å². The van der Waals surface area contributed by atoms with Gasteiger partial charge in [0.25, 0.3) is 5.91 Å². The summed E-state index contributed by atoms with van der Waals surface area (Å²) in [4.78, 5) is 13.7. The Balaban J connectivity index is 2.35. The van der Waals surface area contributed by atoms with Gasteiger partial charge in [0, 0.05) is 4.90 Å². The van der Waals surface area contributed by atoms with Gasteiger partial charge in [-0.3, -0.25) is 4.79 Å². The van der Waals surface area contributed by atoms with Crippen LogP contribution in [0.25, 0.3) is 0 Å². The van der Waals surface area contributed by atoms with Crippen molar-refractivity contribution in [2.24, 2.45) is 0 Å². The van der Waals surface area contributed by atoms with E-state index in [-0.39, 0.29) is 11.3 Å². The molecule has 0 radical (unpaired) electrons. The first-order valence-electron chi connectivity index (χ1n) is 8.08.